The van der Waals surface area contributed by atoms with E-state index in [1.165, 1.54) is 22.1 Å². The number of para-hydroxylation sites is 1. The van der Waals surface area contributed by atoms with Gasteiger partial charge in [0.2, 0.25) is 11.8 Å². The quantitative estimate of drug-likeness (QED) is 0.748. The molecule has 2 atom stereocenters. The Morgan fingerprint density at radius 2 is 1.86 bits per heavy atom. The summed E-state index contributed by atoms with van der Waals surface area (Å²) in [5, 5.41) is 1.19. The van der Waals surface area contributed by atoms with E-state index < -0.39 is 0 Å². The zero-order valence-electron chi connectivity index (χ0n) is 16.6. The molecule has 148 valence electrons. The first-order valence-electron chi connectivity index (χ1n) is 10.3. The topological polar surface area (TPSA) is 56.4 Å². The van der Waals surface area contributed by atoms with Crippen molar-refractivity contribution >= 4 is 22.7 Å². The van der Waals surface area contributed by atoms with Crippen LogP contribution in [0.25, 0.3) is 10.9 Å². The molecule has 0 radical (unpaired) electrons. The number of amides is 2. The third kappa shape index (κ3) is 3.11. The Hall–Kier alpha value is -3.08. The minimum atomic E-state index is 0.0828. The van der Waals surface area contributed by atoms with Gasteiger partial charge in [-0.1, -0.05) is 42.5 Å². The predicted molar refractivity (Wildman–Crippen MR) is 112 cm³/mol. The molecule has 1 saturated heterocycles. The highest BCUT2D eigenvalue weighted by molar-refractivity contribution is 5.84. The highest BCUT2D eigenvalue weighted by Crippen LogP contribution is 2.38. The summed E-state index contributed by atoms with van der Waals surface area (Å²) in [5.41, 5.74) is 4.79. The van der Waals surface area contributed by atoms with Crippen molar-refractivity contribution in [3.8, 4) is 0 Å². The number of aromatic amines is 1. The molecule has 3 aromatic rings. The lowest BCUT2D eigenvalue weighted by molar-refractivity contribution is -0.134. The fraction of sp³-hybridized carbons (Fsp3) is 0.333. The molecule has 0 aliphatic carbocycles. The van der Waals surface area contributed by atoms with E-state index in [4.69, 9.17) is 0 Å². The summed E-state index contributed by atoms with van der Waals surface area (Å²) in [7, 11) is 0. The van der Waals surface area contributed by atoms with Crippen LogP contribution >= 0.6 is 0 Å². The first-order valence-corrected chi connectivity index (χ1v) is 10.3. The van der Waals surface area contributed by atoms with Crippen molar-refractivity contribution < 1.29 is 9.59 Å². The van der Waals surface area contributed by atoms with Gasteiger partial charge in [-0.05, 0) is 29.2 Å². The van der Waals surface area contributed by atoms with Gasteiger partial charge in [-0.25, -0.2) is 0 Å². The fourth-order valence-corrected chi connectivity index (χ4v) is 5.04. The highest BCUT2D eigenvalue weighted by Gasteiger charge is 2.43. The van der Waals surface area contributed by atoms with Gasteiger partial charge in [-0.2, -0.15) is 0 Å². The zero-order valence-corrected chi connectivity index (χ0v) is 16.6. The molecular weight excluding hydrogens is 362 g/mol. The maximum atomic E-state index is 13.0. The van der Waals surface area contributed by atoms with Crippen molar-refractivity contribution in [1.29, 1.82) is 0 Å². The molecule has 0 spiro atoms. The van der Waals surface area contributed by atoms with Gasteiger partial charge >= 0.3 is 0 Å². The van der Waals surface area contributed by atoms with Crippen LogP contribution in [0, 0.1) is 0 Å². The summed E-state index contributed by atoms with van der Waals surface area (Å²) >= 11 is 0. The van der Waals surface area contributed by atoms with Crippen molar-refractivity contribution in [3.63, 3.8) is 0 Å². The number of carbonyl (C=O) groups excluding carboxylic acids is 2. The van der Waals surface area contributed by atoms with E-state index in [0.717, 1.165) is 11.9 Å². The first kappa shape index (κ1) is 18.0. The van der Waals surface area contributed by atoms with Gasteiger partial charge in [0.25, 0.3) is 0 Å². The fourth-order valence-electron chi connectivity index (χ4n) is 5.04. The van der Waals surface area contributed by atoms with E-state index in [-0.39, 0.29) is 23.8 Å². The van der Waals surface area contributed by atoms with Crippen LogP contribution in [-0.2, 0) is 22.6 Å². The molecular formula is C24H25N3O2. The number of aryl methyl sites for hydroxylation is 1. The summed E-state index contributed by atoms with van der Waals surface area (Å²) in [6.07, 6.45) is 3.22. The second kappa shape index (κ2) is 7.07. The second-order valence-corrected chi connectivity index (χ2v) is 8.18. The summed E-state index contributed by atoms with van der Waals surface area (Å²) < 4.78 is 0. The summed E-state index contributed by atoms with van der Waals surface area (Å²) in [6.45, 7) is 3.60. The van der Waals surface area contributed by atoms with Gasteiger partial charge < -0.3 is 14.8 Å². The number of fused-ring (bicyclic) bond motifs is 4. The lowest BCUT2D eigenvalue weighted by Crippen LogP contribution is -2.46. The van der Waals surface area contributed by atoms with E-state index >= 15 is 0 Å². The van der Waals surface area contributed by atoms with Crippen LogP contribution in [0.15, 0.2) is 54.7 Å². The van der Waals surface area contributed by atoms with E-state index in [1.54, 1.807) is 6.92 Å². The van der Waals surface area contributed by atoms with Crippen LogP contribution in [0.5, 0.6) is 0 Å². The third-order valence-corrected chi connectivity index (χ3v) is 6.52. The summed E-state index contributed by atoms with van der Waals surface area (Å²) in [4.78, 5) is 32.5. The normalized spacial score (nSPS) is 20.6. The number of benzene rings is 2. The van der Waals surface area contributed by atoms with E-state index in [2.05, 4.69) is 35.3 Å². The Balaban J connectivity index is 1.33. The standard InChI is InChI=1S/C24H25N3O2/c1-16(28)27-13-18-6-2-3-7-19(18)21-14-26(15-23(21)27)24(29)11-10-17-12-25-22-9-5-4-8-20(17)22/h2-9,12,21,23,25H,10-11,13-15H2,1H3/t21-,23-/m0/s1. The van der Waals surface area contributed by atoms with E-state index in [0.29, 0.717) is 26.1 Å². The number of likely N-dealkylation sites (tertiary alicyclic amines) is 1. The van der Waals surface area contributed by atoms with Crippen LogP contribution in [0.4, 0.5) is 0 Å². The first-order chi connectivity index (χ1) is 14.1. The molecule has 3 heterocycles. The van der Waals surface area contributed by atoms with Gasteiger partial charge in [0.15, 0.2) is 0 Å². The molecule has 0 bridgehead atoms. The molecule has 5 heteroatoms. The second-order valence-electron chi connectivity index (χ2n) is 8.18. The Morgan fingerprint density at radius 1 is 1.07 bits per heavy atom. The van der Waals surface area contributed by atoms with Crippen molar-refractivity contribution in [2.75, 3.05) is 13.1 Å². The summed E-state index contributed by atoms with van der Waals surface area (Å²) in [6, 6.07) is 16.6. The maximum absolute atomic E-state index is 13.0. The lowest BCUT2D eigenvalue weighted by Gasteiger charge is -2.37. The zero-order chi connectivity index (χ0) is 20.0. The van der Waals surface area contributed by atoms with Crippen molar-refractivity contribution in [1.82, 2.24) is 14.8 Å². The molecule has 0 unspecified atom stereocenters. The maximum Gasteiger partial charge on any atom is 0.222 e. The molecule has 1 aromatic heterocycles. The number of aromatic nitrogens is 1. The molecule has 2 aliphatic rings. The molecule has 2 aliphatic heterocycles. The predicted octanol–water partition coefficient (Wildman–Crippen LogP) is 3.46. The molecule has 2 amide bonds. The molecule has 2 aromatic carbocycles. The van der Waals surface area contributed by atoms with Crippen LogP contribution in [0.3, 0.4) is 0 Å². The minimum absolute atomic E-state index is 0.0828. The van der Waals surface area contributed by atoms with Gasteiger partial charge in [0, 0.05) is 56.0 Å². The number of rotatable bonds is 3. The Bertz CT molecular complexity index is 1090. The number of hydrogen-bond acceptors (Lipinski definition) is 2. The van der Waals surface area contributed by atoms with E-state index in [1.807, 2.05) is 34.2 Å². The monoisotopic (exact) mass is 387 g/mol. The van der Waals surface area contributed by atoms with Crippen LogP contribution in [0.1, 0.15) is 36.0 Å². The molecule has 29 heavy (non-hydrogen) atoms. The number of hydrogen-bond donors (Lipinski definition) is 1. The van der Waals surface area contributed by atoms with Gasteiger partial charge in [-0.15, -0.1) is 0 Å². The largest absolute Gasteiger partial charge is 0.361 e. The number of carbonyl (C=O) groups is 2. The molecule has 5 nitrogen and oxygen atoms in total. The van der Waals surface area contributed by atoms with Crippen molar-refractivity contribution in [2.45, 2.75) is 38.3 Å². The Morgan fingerprint density at radius 3 is 2.72 bits per heavy atom. The van der Waals surface area contributed by atoms with Crippen LogP contribution in [0.2, 0.25) is 0 Å². The van der Waals surface area contributed by atoms with Crippen LogP contribution in [-0.4, -0.2) is 45.7 Å². The highest BCUT2D eigenvalue weighted by atomic mass is 16.2. The number of H-pyrrole nitrogens is 1. The average Bonchev–Trinajstić information content (AvgIpc) is 3.36. The molecule has 1 N–H and O–H groups in total. The molecule has 5 rings (SSSR count). The smallest absolute Gasteiger partial charge is 0.222 e. The average molecular weight is 387 g/mol. The SMILES string of the molecule is CC(=O)N1Cc2ccccc2[C@@H]2CN(C(=O)CCc3c[nH]c4ccccc34)C[C@@H]21. The summed E-state index contributed by atoms with van der Waals surface area (Å²) in [5.74, 6) is 0.467. The Kier molecular flexibility index (Phi) is 4.38. The molecule has 0 saturated carbocycles. The Labute approximate surface area is 170 Å². The third-order valence-electron chi connectivity index (χ3n) is 6.52. The molecule has 1 fully saturated rings. The van der Waals surface area contributed by atoms with Crippen molar-refractivity contribution in [3.05, 3.63) is 71.4 Å². The number of nitrogens with one attached hydrogen (secondary N) is 1. The van der Waals surface area contributed by atoms with Gasteiger partial charge in [0.1, 0.15) is 0 Å². The minimum Gasteiger partial charge on any atom is -0.361 e. The van der Waals surface area contributed by atoms with Crippen molar-refractivity contribution in [2.24, 2.45) is 0 Å². The van der Waals surface area contributed by atoms with E-state index in [9.17, 15) is 9.59 Å². The lowest BCUT2D eigenvalue weighted by atomic mass is 9.85. The van der Waals surface area contributed by atoms with Gasteiger partial charge in [-0.3, -0.25) is 9.59 Å². The number of nitrogens with zero attached hydrogens (tertiary/aromatic N) is 2. The van der Waals surface area contributed by atoms with Gasteiger partial charge in [0.05, 0.1) is 6.04 Å². The van der Waals surface area contributed by atoms with Crippen LogP contribution < -0.4 is 0 Å².